The molecular formula is C28H15N3O4. The van der Waals surface area contributed by atoms with Crippen molar-refractivity contribution in [3.63, 3.8) is 0 Å². The summed E-state index contributed by atoms with van der Waals surface area (Å²) in [5.41, 5.74) is 2.36. The molecule has 0 radical (unpaired) electrons. The highest BCUT2D eigenvalue weighted by molar-refractivity contribution is 6.42. The van der Waals surface area contributed by atoms with E-state index in [0.29, 0.717) is 34.2 Å². The van der Waals surface area contributed by atoms with Gasteiger partial charge in [0.25, 0.3) is 11.6 Å². The standard InChI is InChI=1S/C28H15N3O4/c32-24-19-13-16-7-4-5-8-17(16)14-20(19)25(33)21(24)15-23-29-28-26(31(23)18-9-2-1-3-10-18)30-27(35-28)22-11-6-12-34-22/h1-15H. The fourth-order valence-electron chi connectivity index (χ4n) is 4.49. The molecule has 3 aromatic carbocycles. The van der Waals surface area contributed by atoms with Crippen LogP contribution in [0, 0.1) is 0 Å². The lowest BCUT2D eigenvalue weighted by Crippen LogP contribution is -2.04. The number of nitrogens with zero attached hydrogens (tertiary/aromatic N) is 3. The molecule has 7 heteroatoms. The summed E-state index contributed by atoms with van der Waals surface area (Å²) < 4.78 is 13.0. The number of hydrogen-bond acceptors (Lipinski definition) is 6. The predicted molar refractivity (Wildman–Crippen MR) is 129 cm³/mol. The van der Waals surface area contributed by atoms with Crippen LogP contribution in [0.5, 0.6) is 0 Å². The van der Waals surface area contributed by atoms with E-state index in [1.807, 2.05) is 54.6 Å². The van der Waals surface area contributed by atoms with Crippen molar-refractivity contribution >= 4 is 39.8 Å². The number of carbonyl (C=O) groups is 2. The number of aromatic nitrogens is 3. The lowest BCUT2D eigenvalue weighted by molar-refractivity contribution is 0.0990. The Labute approximate surface area is 198 Å². The third-order valence-corrected chi connectivity index (χ3v) is 6.13. The maximum Gasteiger partial charge on any atom is 0.267 e. The van der Waals surface area contributed by atoms with Crippen molar-refractivity contribution in [3.8, 4) is 17.3 Å². The monoisotopic (exact) mass is 457 g/mol. The van der Waals surface area contributed by atoms with Gasteiger partial charge in [0.2, 0.25) is 5.65 Å². The average Bonchev–Trinajstić information content (AvgIpc) is 3.65. The first-order chi connectivity index (χ1) is 17.2. The van der Waals surface area contributed by atoms with Gasteiger partial charge in [0.1, 0.15) is 5.82 Å². The van der Waals surface area contributed by atoms with Crippen molar-refractivity contribution in [3.05, 3.63) is 108 Å². The molecule has 35 heavy (non-hydrogen) atoms. The molecule has 166 valence electrons. The lowest BCUT2D eigenvalue weighted by atomic mass is 10.0. The van der Waals surface area contributed by atoms with Crippen LogP contribution in [0.4, 0.5) is 0 Å². The SMILES string of the molecule is O=C1C(=Cc2nc3oc(-c4ccco4)nc3n2-c2ccccc2)C(=O)c2cc3ccccc3cc21. The van der Waals surface area contributed by atoms with Gasteiger partial charge in [-0.3, -0.25) is 14.2 Å². The van der Waals surface area contributed by atoms with Gasteiger partial charge < -0.3 is 8.83 Å². The van der Waals surface area contributed by atoms with Crippen LogP contribution >= 0.6 is 0 Å². The Morgan fingerprint density at radius 3 is 2.11 bits per heavy atom. The summed E-state index contributed by atoms with van der Waals surface area (Å²) in [4.78, 5) is 35.7. The third-order valence-electron chi connectivity index (χ3n) is 6.13. The molecule has 7 rings (SSSR count). The number of allylic oxidation sites excluding steroid dienone is 1. The number of oxazole rings is 1. The van der Waals surface area contributed by atoms with Crippen LogP contribution in [0.2, 0.25) is 0 Å². The minimum Gasteiger partial charge on any atom is -0.459 e. The summed E-state index contributed by atoms with van der Waals surface area (Å²) in [6.07, 6.45) is 3.06. The Morgan fingerprint density at radius 2 is 1.46 bits per heavy atom. The summed E-state index contributed by atoms with van der Waals surface area (Å²) in [7, 11) is 0. The zero-order valence-corrected chi connectivity index (χ0v) is 18.1. The highest BCUT2D eigenvalue weighted by Gasteiger charge is 2.34. The van der Waals surface area contributed by atoms with Gasteiger partial charge in [-0.15, -0.1) is 0 Å². The molecule has 6 aromatic rings. The molecule has 0 fully saturated rings. The van der Waals surface area contributed by atoms with Gasteiger partial charge >= 0.3 is 0 Å². The van der Waals surface area contributed by atoms with E-state index in [0.717, 1.165) is 16.5 Å². The maximum atomic E-state index is 13.3. The van der Waals surface area contributed by atoms with Gasteiger partial charge in [-0.1, -0.05) is 42.5 Å². The first-order valence-corrected chi connectivity index (χ1v) is 11.0. The summed E-state index contributed by atoms with van der Waals surface area (Å²) in [6, 6.07) is 24.2. The van der Waals surface area contributed by atoms with Crippen LogP contribution in [-0.2, 0) is 0 Å². The number of rotatable bonds is 3. The molecule has 0 unspecified atom stereocenters. The van der Waals surface area contributed by atoms with E-state index >= 15 is 0 Å². The maximum absolute atomic E-state index is 13.3. The number of fused-ring (bicyclic) bond motifs is 3. The Bertz CT molecular complexity index is 1770. The minimum atomic E-state index is -0.320. The molecule has 3 aromatic heterocycles. The zero-order valence-electron chi connectivity index (χ0n) is 18.1. The van der Waals surface area contributed by atoms with Crippen LogP contribution in [0.15, 0.2) is 99.5 Å². The van der Waals surface area contributed by atoms with Crippen molar-refractivity contribution in [1.29, 1.82) is 0 Å². The predicted octanol–water partition coefficient (Wildman–Crippen LogP) is 5.89. The van der Waals surface area contributed by atoms with Crippen LogP contribution in [0.3, 0.4) is 0 Å². The van der Waals surface area contributed by atoms with Gasteiger partial charge in [-0.2, -0.15) is 9.97 Å². The third kappa shape index (κ3) is 2.92. The van der Waals surface area contributed by atoms with E-state index in [4.69, 9.17) is 8.83 Å². The number of Topliss-reactive ketones (excluding diaryl/α,β-unsaturated/α-hetero) is 2. The molecule has 0 spiro atoms. The number of furan rings is 1. The highest BCUT2D eigenvalue weighted by atomic mass is 16.4. The van der Waals surface area contributed by atoms with E-state index in [2.05, 4.69) is 9.97 Å². The number of para-hydroxylation sites is 1. The Kier molecular flexibility index (Phi) is 4.01. The van der Waals surface area contributed by atoms with Crippen LogP contribution in [-0.4, -0.2) is 26.1 Å². The molecule has 1 aliphatic rings. The van der Waals surface area contributed by atoms with E-state index < -0.39 is 0 Å². The Balaban J connectivity index is 1.41. The second-order valence-corrected chi connectivity index (χ2v) is 8.23. The fourth-order valence-corrected chi connectivity index (χ4v) is 4.49. The van der Waals surface area contributed by atoms with Crippen molar-refractivity contribution in [2.24, 2.45) is 0 Å². The quantitative estimate of drug-likeness (QED) is 0.243. The number of ketones is 2. The second-order valence-electron chi connectivity index (χ2n) is 8.23. The normalized spacial score (nSPS) is 13.2. The second kappa shape index (κ2) is 7.23. The zero-order chi connectivity index (χ0) is 23.5. The number of hydrogen-bond donors (Lipinski definition) is 0. The summed E-state index contributed by atoms with van der Waals surface area (Å²) in [6.45, 7) is 0. The highest BCUT2D eigenvalue weighted by Crippen LogP contribution is 2.33. The smallest absolute Gasteiger partial charge is 0.267 e. The fraction of sp³-hybridized carbons (Fsp3) is 0. The molecular weight excluding hydrogens is 442 g/mol. The lowest BCUT2D eigenvalue weighted by Gasteiger charge is -2.05. The number of benzene rings is 3. The van der Waals surface area contributed by atoms with Gasteiger partial charge in [0.05, 0.1) is 11.8 Å². The largest absolute Gasteiger partial charge is 0.459 e. The van der Waals surface area contributed by atoms with E-state index in [1.54, 1.807) is 28.8 Å². The van der Waals surface area contributed by atoms with Crippen molar-refractivity contribution in [2.75, 3.05) is 0 Å². The van der Waals surface area contributed by atoms with E-state index in [1.165, 1.54) is 12.3 Å². The van der Waals surface area contributed by atoms with E-state index in [9.17, 15) is 9.59 Å². The molecule has 0 saturated heterocycles. The van der Waals surface area contributed by atoms with Crippen molar-refractivity contribution in [2.45, 2.75) is 0 Å². The van der Waals surface area contributed by atoms with Crippen molar-refractivity contribution < 1.29 is 18.4 Å². The number of imidazole rings is 1. The topological polar surface area (TPSA) is 91.1 Å². The first kappa shape index (κ1) is 19.4. The molecule has 0 bridgehead atoms. The summed E-state index contributed by atoms with van der Waals surface area (Å²) in [5, 5.41) is 1.82. The minimum absolute atomic E-state index is 0.0615. The van der Waals surface area contributed by atoms with Crippen LogP contribution in [0.25, 0.3) is 45.5 Å². The molecule has 0 saturated carbocycles. The molecule has 0 amide bonds. The summed E-state index contributed by atoms with van der Waals surface area (Å²) in [5.74, 6) is 0.505. The molecule has 1 aliphatic carbocycles. The number of carbonyl (C=O) groups excluding carboxylic acids is 2. The van der Waals surface area contributed by atoms with Crippen LogP contribution < -0.4 is 0 Å². The Hall–Kier alpha value is -5.04. The molecule has 7 nitrogen and oxygen atoms in total. The van der Waals surface area contributed by atoms with Gasteiger partial charge in [-0.25, -0.2) is 0 Å². The first-order valence-electron chi connectivity index (χ1n) is 11.0. The van der Waals surface area contributed by atoms with Crippen molar-refractivity contribution in [1.82, 2.24) is 14.5 Å². The molecule has 0 atom stereocenters. The van der Waals surface area contributed by atoms with Gasteiger partial charge in [-0.05, 0) is 53.2 Å². The van der Waals surface area contributed by atoms with Crippen LogP contribution in [0.1, 0.15) is 26.5 Å². The molecule has 3 heterocycles. The molecule has 0 aliphatic heterocycles. The summed E-state index contributed by atoms with van der Waals surface area (Å²) >= 11 is 0. The van der Waals surface area contributed by atoms with E-state index in [-0.39, 0.29) is 22.9 Å². The van der Waals surface area contributed by atoms with Gasteiger partial charge in [0, 0.05) is 16.8 Å². The average molecular weight is 457 g/mol. The van der Waals surface area contributed by atoms with Gasteiger partial charge in [0.15, 0.2) is 17.3 Å². The Morgan fingerprint density at radius 1 is 0.771 bits per heavy atom. The molecule has 0 N–H and O–H groups in total.